The summed E-state index contributed by atoms with van der Waals surface area (Å²) in [6.45, 7) is 0.497. The Balaban J connectivity index is 1.49. The van der Waals surface area contributed by atoms with Crippen LogP contribution in [0, 0.1) is 0 Å². The Morgan fingerprint density at radius 1 is 0.686 bits per heavy atom. The van der Waals surface area contributed by atoms with Crippen LogP contribution in [0.15, 0.2) is 48.5 Å². The molecule has 0 bridgehead atoms. The molecule has 0 saturated heterocycles. The molecule has 0 amide bonds. The molecule has 35 heavy (non-hydrogen) atoms. The van der Waals surface area contributed by atoms with Crippen molar-refractivity contribution in [3.8, 4) is 22.8 Å². The van der Waals surface area contributed by atoms with Crippen LogP contribution in [-0.2, 0) is 22.2 Å². The minimum Gasteiger partial charge on any atom is -0.330 e. The molecule has 2 N–H and O–H groups in total. The van der Waals surface area contributed by atoms with Crippen LogP contribution in [0.5, 0.6) is 0 Å². The smallest absolute Gasteiger partial charge is 0.330 e. The minimum absolute atomic E-state index is 0.122. The molecule has 0 atom stereocenters. The van der Waals surface area contributed by atoms with Gasteiger partial charge in [0, 0.05) is 36.8 Å². The van der Waals surface area contributed by atoms with Crippen molar-refractivity contribution in [3.05, 3.63) is 59.7 Å². The normalized spacial score (nSPS) is 11.4. The van der Waals surface area contributed by atoms with Crippen molar-refractivity contribution in [1.29, 1.82) is 0 Å². The zero-order valence-electron chi connectivity index (χ0n) is 19.1. The van der Waals surface area contributed by atoms with Gasteiger partial charge in [0.15, 0.2) is 0 Å². The van der Waals surface area contributed by atoms with Crippen molar-refractivity contribution in [2.45, 2.75) is 51.1 Å². The van der Waals surface area contributed by atoms with Crippen molar-refractivity contribution in [2.24, 2.45) is 5.73 Å². The first-order valence-corrected chi connectivity index (χ1v) is 11.3. The van der Waals surface area contributed by atoms with Crippen molar-refractivity contribution < 1.29 is 22.8 Å². The first-order chi connectivity index (χ1) is 16.8. The summed E-state index contributed by atoms with van der Waals surface area (Å²) in [6, 6.07) is 11.8. The highest BCUT2D eigenvalue weighted by Crippen LogP contribution is 2.30. The predicted octanol–water partition coefficient (Wildman–Crippen LogP) is 4.60. The fourth-order valence-corrected chi connectivity index (χ4v) is 3.40. The van der Waals surface area contributed by atoms with E-state index in [2.05, 4.69) is 20.4 Å². The number of nitrogens with zero attached hydrogens (tertiary/aromatic N) is 4. The maximum Gasteiger partial charge on any atom is 0.416 e. The van der Waals surface area contributed by atoms with Gasteiger partial charge < -0.3 is 5.73 Å². The van der Waals surface area contributed by atoms with Gasteiger partial charge in [-0.15, -0.1) is 20.4 Å². The van der Waals surface area contributed by atoms with Crippen LogP contribution in [0.1, 0.15) is 49.7 Å². The molecule has 0 radical (unpaired) electrons. The monoisotopic (exact) mass is 485 g/mol. The number of halogens is 3. The van der Waals surface area contributed by atoms with Gasteiger partial charge in [0.1, 0.15) is 11.6 Å². The predicted molar refractivity (Wildman–Crippen MR) is 124 cm³/mol. The van der Waals surface area contributed by atoms with Gasteiger partial charge >= 0.3 is 6.18 Å². The molecule has 7 nitrogen and oxygen atoms in total. The summed E-state index contributed by atoms with van der Waals surface area (Å²) in [6.07, 6.45) is -0.886. The zero-order chi connectivity index (χ0) is 25.3. The quantitative estimate of drug-likeness (QED) is 0.399. The summed E-state index contributed by atoms with van der Waals surface area (Å²) < 4.78 is 38.1. The minimum atomic E-state index is -4.41. The number of carbonyl (C=O) groups excluding carboxylic acids is 2. The molecule has 0 spiro atoms. The molecular weight excluding hydrogens is 459 g/mol. The SMILES string of the molecule is NCCCC(=O)CCCC(=O)CCc1ccc(-c2nnc(-c3ccc(C(F)(F)F)cc3)nn2)cc1. The second-order valence-electron chi connectivity index (χ2n) is 8.14. The summed E-state index contributed by atoms with van der Waals surface area (Å²) in [4.78, 5) is 23.7. The van der Waals surface area contributed by atoms with E-state index in [1.807, 2.05) is 12.1 Å². The fourth-order valence-electron chi connectivity index (χ4n) is 3.40. The van der Waals surface area contributed by atoms with E-state index in [9.17, 15) is 22.8 Å². The third-order valence-electron chi connectivity index (χ3n) is 5.42. The fraction of sp³-hybridized carbons (Fsp3) is 0.360. The maximum atomic E-state index is 12.7. The van der Waals surface area contributed by atoms with Gasteiger partial charge in [0.2, 0.25) is 11.6 Å². The number of nitrogens with two attached hydrogens (primary N) is 1. The van der Waals surface area contributed by atoms with Crippen molar-refractivity contribution in [3.63, 3.8) is 0 Å². The van der Waals surface area contributed by atoms with Gasteiger partial charge in [0.25, 0.3) is 0 Å². The topological polar surface area (TPSA) is 112 Å². The molecule has 0 saturated carbocycles. The molecule has 3 rings (SSSR count). The second kappa shape index (κ2) is 12.3. The molecule has 1 heterocycles. The molecule has 10 heteroatoms. The molecular formula is C25H26F3N5O2. The summed E-state index contributed by atoms with van der Waals surface area (Å²) >= 11 is 0. The lowest BCUT2D eigenvalue weighted by molar-refractivity contribution is -0.137. The zero-order valence-corrected chi connectivity index (χ0v) is 19.1. The van der Waals surface area contributed by atoms with Gasteiger partial charge in [-0.05, 0) is 43.5 Å². The maximum absolute atomic E-state index is 12.7. The lowest BCUT2D eigenvalue weighted by atomic mass is 10.0. The molecule has 184 valence electrons. The highest BCUT2D eigenvalue weighted by atomic mass is 19.4. The van der Waals surface area contributed by atoms with Gasteiger partial charge in [0.05, 0.1) is 5.56 Å². The Labute approximate surface area is 201 Å². The van der Waals surface area contributed by atoms with Crippen LogP contribution in [0.4, 0.5) is 13.2 Å². The van der Waals surface area contributed by atoms with Crippen LogP contribution in [0.3, 0.4) is 0 Å². The molecule has 0 aliphatic heterocycles. The standard InChI is InChI=1S/C25H26F3N5O2/c26-25(27,28)20-13-11-19(12-14-20)24-32-30-23(31-33-24)18-9-6-17(7-10-18)8-15-22(35)4-1-3-21(34)5-2-16-29/h6-7,9-14H,1-5,8,15-16,29H2. The second-order valence-corrected chi connectivity index (χ2v) is 8.14. The number of Topliss-reactive ketones (excluding diaryl/α,β-unsaturated/α-hetero) is 2. The van der Waals surface area contributed by atoms with Gasteiger partial charge in [-0.25, -0.2) is 0 Å². The van der Waals surface area contributed by atoms with E-state index in [4.69, 9.17) is 5.73 Å². The molecule has 1 aromatic heterocycles. The number of hydrogen-bond donors (Lipinski definition) is 1. The Morgan fingerprint density at radius 2 is 1.14 bits per heavy atom. The van der Waals surface area contributed by atoms with E-state index in [1.165, 1.54) is 12.1 Å². The number of alkyl halides is 3. The average Bonchev–Trinajstić information content (AvgIpc) is 2.86. The summed E-state index contributed by atoms with van der Waals surface area (Å²) in [5.74, 6) is 0.676. The number of aromatic nitrogens is 4. The van der Waals surface area contributed by atoms with Crippen molar-refractivity contribution in [1.82, 2.24) is 20.4 Å². The van der Waals surface area contributed by atoms with Crippen molar-refractivity contribution in [2.75, 3.05) is 6.54 Å². The summed E-state index contributed by atoms with van der Waals surface area (Å²) in [5.41, 5.74) is 6.66. The number of benzene rings is 2. The lowest BCUT2D eigenvalue weighted by Gasteiger charge is -2.07. The van der Waals surface area contributed by atoms with Gasteiger partial charge in [-0.3, -0.25) is 9.59 Å². The number of rotatable bonds is 12. The van der Waals surface area contributed by atoms with Crippen molar-refractivity contribution >= 4 is 11.6 Å². The van der Waals surface area contributed by atoms with Crippen LogP contribution >= 0.6 is 0 Å². The first-order valence-electron chi connectivity index (χ1n) is 11.3. The van der Waals surface area contributed by atoms with Crippen LogP contribution < -0.4 is 5.73 Å². The van der Waals surface area contributed by atoms with Gasteiger partial charge in [-0.1, -0.05) is 36.4 Å². The Hall–Kier alpha value is -3.53. The molecule has 3 aromatic rings. The highest BCUT2D eigenvalue weighted by Gasteiger charge is 2.30. The largest absolute Gasteiger partial charge is 0.416 e. The molecule has 2 aromatic carbocycles. The number of aryl methyl sites for hydroxylation is 1. The van der Waals surface area contributed by atoms with Crippen LogP contribution in [-0.4, -0.2) is 38.5 Å². The first kappa shape index (κ1) is 26.1. The molecule has 0 unspecified atom stereocenters. The van der Waals surface area contributed by atoms with E-state index in [0.29, 0.717) is 62.6 Å². The number of carbonyl (C=O) groups is 2. The highest BCUT2D eigenvalue weighted by molar-refractivity contribution is 5.81. The van der Waals surface area contributed by atoms with E-state index in [-0.39, 0.29) is 23.2 Å². The average molecular weight is 486 g/mol. The third-order valence-corrected chi connectivity index (χ3v) is 5.42. The summed E-state index contributed by atoms with van der Waals surface area (Å²) in [5, 5.41) is 16.0. The lowest BCUT2D eigenvalue weighted by Crippen LogP contribution is -2.06. The van der Waals surface area contributed by atoms with Crippen LogP contribution in [0.2, 0.25) is 0 Å². The number of ketones is 2. The van der Waals surface area contributed by atoms with E-state index in [1.54, 1.807) is 12.1 Å². The molecule has 0 fully saturated rings. The Morgan fingerprint density at radius 3 is 1.63 bits per heavy atom. The Kier molecular flexibility index (Phi) is 9.13. The van der Waals surface area contributed by atoms with Crippen LogP contribution in [0.25, 0.3) is 22.8 Å². The van der Waals surface area contributed by atoms with E-state index in [0.717, 1.165) is 17.7 Å². The number of hydrogen-bond acceptors (Lipinski definition) is 7. The van der Waals surface area contributed by atoms with E-state index < -0.39 is 11.7 Å². The molecule has 0 aliphatic rings. The summed E-state index contributed by atoms with van der Waals surface area (Å²) in [7, 11) is 0. The van der Waals surface area contributed by atoms with E-state index >= 15 is 0 Å². The Bertz CT molecular complexity index is 1120. The molecule has 0 aliphatic carbocycles. The third kappa shape index (κ3) is 8.03. The van der Waals surface area contributed by atoms with Gasteiger partial charge in [-0.2, -0.15) is 13.2 Å².